The summed E-state index contributed by atoms with van der Waals surface area (Å²) >= 11 is 0. The Bertz CT molecular complexity index is 462. The second kappa shape index (κ2) is 6.96. The predicted molar refractivity (Wildman–Crippen MR) is 68.5 cm³/mol. The number of rotatable bonds is 6. The molecular formula is C13H18N2O4. The maximum Gasteiger partial charge on any atom is 0.216 e. The molecule has 0 saturated heterocycles. The number of Topliss-reactive ketones (excluding diaryl/α,β-unsaturated/α-hetero) is 1. The van der Waals surface area contributed by atoms with Crippen LogP contribution < -0.4 is 5.32 Å². The van der Waals surface area contributed by atoms with Gasteiger partial charge in [0.25, 0.3) is 0 Å². The van der Waals surface area contributed by atoms with Gasteiger partial charge in [-0.1, -0.05) is 6.07 Å². The van der Waals surface area contributed by atoms with Crippen molar-refractivity contribution in [3.8, 4) is 0 Å². The van der Waals surface area contributed by atoms with E-state index in [2.05, 4.69) is 10.3 Å². The van der Waals surface area contributed by atoms with Crippen LogP contribution in [0.15, 0.2) is 18.2 Å². The standard InChI is InChI=1S/C13H18N2O4/c1-8(16)10-4-3-5-11(15-10)13(19)12(18)6-7-14-9(2)17/h3-5,12-13,18-19H,6-7H2,1-2H3,(H,14,17). The van der Waals surface area contributed by atoms with E-state index in [0.717, 1.165) is 0 Å². The summed E-state index contributed by atoms with van der Waals surface area (Å²) < 4.78 is 0. The van der Waals surface area contributed by atoms with Crippen LogP contribution >= 0.6 is 0 Å². The fourth-order valence-corrected chi connectivity index (χ4v) is 1.56. The minimum Gasteiger partial charge on any atom is -0.390 e. The molecular weight excluding hydrogens is 248 g/mol. The number of nitrogens with one attached hydrogen (secondary N) is 1. The van der Waals surface area contributed by atoms with Crippen molar-refractivity contribution < 1.29 is 19.8 Å². The van der Waals surface area contributed by atoms with Gasteiger partial charge in [-0.25, -0.2) is 4.98 Å². The van der Waals surface area contributed by atoms with Gasteiger partial charge in [-0.3, -0.25) is 9.59 Å². The number of hydrogen-bond acceptors (Lipinski definition) is 5. The smallest absolute Gasteiger partial charge is 0.216 e. The highest BCUT2D eigenvalue weighted by Gasteiger charge is 2.20. The Morgan fingerprint density at radius 1 is 1.32 bits per heavy atom. The molecule has 0 aromatic carbocycles. The molecule has 2 atom stereocenters. The lowest BCUT2D eigenvalue weighted by atomic mass is 10.1. The average Bonchev–Trinajstić information content (AvgIpc) is 2.37. The second-order valence-electron chi connectivity index (χ2n) is 4.29. The number of nitrogens with zero attached hydrogens (tertiary/aromatic N) is 1. The first-order chi connectivity index (χ1) is 8.91. The Morgan fingerprint density at radius 3 is 2.58 bits per heavy atom. The zero-order valence-corrected chi connectivity index (χ0v) is 11.0. The lowest BCUT2D eigenvalue weighted by molar-refractivity contribution is -0.119. The zero-order chi connectivity index (χ0) is 14.4. The van der Waals surface area contributed by atoms with Crippen molar-refractivity contribution in [2.24, 2.45) is 0 Å². The van der Waals surface area contributed by atoms with Crippen LogP contribution in [-0.2, 0) is 4.79 Å². The normalized spacial score (nSPS) is 13.7. The van der Waals surface area contributed by atoms with Crippen LogP contribution in [0.25, 0.3) is 0 Å². The predicted octanol–water partition coefficient (Wildman–Crippen LogP) is 0.205. The molecule has 1 rings (SSSR count). The molecule has 104 valence electrons. The van der Waals surface area contributed by atoms with E-state index in [1.54, 1.807) is 18.2 Å². The molecule has 1 amide bonds. The minimum atomic E-state index is -1.19. The van der Waals surface area contributed by atoms with Crippen molar-refractivity contribution >= 4 is 11.7 Å². The van der Waals surface area contributed by atoms with E-state index in [-0.39, 0.29) is 36.0 Å². The molecule has 0 aliphatic rings. The highest BCUT2D eigenvalue weighted by molar-refractivity contribution is 5.92. The van der Waals surface area contributed by atoms with Crippen LogP contribution in [0.5, 0.6) is 0 Å². The molecule has 0 aliphatic carbocycles. The number of aromatic nitrogens is 1. The number of hydrogen-bond donors (Lipinski definition) is 3. The quantitative estimate of drug-likeness (QED) is 0.639. The molecule has 1 heterocycles. The van der Waals surface area contributed by atoms with Gasteiger partial charge in [0.15, 0.2) is 5.78 Å². The van der Waals surface area contributed by atoms with Crippen LogP contribution in [0.2, 0.25) is 0 Å². The molecule has 19 heavy (non-hydrogen) atoms. The third-order valence-corrected chi connectivity index (χ3v) is 2.61. The number of carbonyl (C=O) groups excluding carboxylic acids is 2. The SMILES string of the molecule is CC(=O)NCCC(O)C(O)c1cccc(C(C)=O)n1. The maximum absolute atomic E-state index is 11.2. The largest absolute Gasteiger partial charge is 0.390 e. The van der Waals surface area contributed by atoms with E-state index in [1.165, 1.54) is 13.8 Å². The van der Waals surface area contributed by atoms with Crippen LogP contribution in [0, 0.1) is 0 Å². The first kappa shape index (κ1) is 15.3. The summed E-state index contributed by atoms with van der Waals surface area (Å²) in [7, 11) is 0. The summed E-state index contributed by atoms with van der Waals surface area (Å²) in [5.41, 5.74) is 0.480. The number of aliphatic hydroxyl groups is 2. The van der Waals surface area contributed by atoms with E-state index in [4.69, 9.17) is 0 Å². The zero-order valence-electron chi connectivity index (χ0n) is 11.0. The van der Waals surface area contributed by atoms with Crippen molar-refractivity contribution in [1.82, 2.24) is 10.3 Å². The second-order valence-corrected chi connectivity index (χ2v) is 4.29. The minimum absolute atomic E-state index is 0.196. The molecule has 1 aromatic rings. The molecule has 0 spiro atoms. The Hall–Kier alpha value is -1.79. The van der Waals surface area contributed by atoms with Crippen molar-refractivity contribution in [1.29, 1.82) is 0 Å². The molecule has 0 radical (unpaired) electrons. The van der Waals surface area contributed by atoms with Gasteiger partial charge in [-0.2, -0.15) is 0 Å². The summed E-state index contributed by atoms with van der Waals surface area (Å²) in [6, 6.07) is 4.68. The van der Waals surface area contributed by atoms with Crippen molar-refractivity contribution in [2.45, 2.75) is 32.5 Å². The Morgan fingerprint density at radius 2 is 2.00 bits per heavy atom. The molecule has 0 bridgehead atoms. The van der Waals surface area contributed by atoms with E-state index in [0.29, 0.717) is 0 Å². The fraction of sp³-hybridized carbons (Fsp3) is 0.462. The summed E-state index contributed by atoms with van der Waals surface area (Å²) in [5.74, 6) is -0.403. The van der Waals surface area contributed by atoms with Crippen molar-refractivity contribution in [3.63, 3.8) is 0 Å². The lowest BCUT2D eigenvalue weighted by Gasteiger charge is -2.17. The van der Waals surface area contributed by atoms with Gasteiger partial charge in [0, 0.05) is 20.4 Å². The van der Waals surface area contributed by atoms with Crippen molar-refractivity contribution in [3.05, 3.63) is 29.6 Å². The monoisotopic (exact) mass is 266 g/mol. The van der Waals surface area contributed by atoms with Crippen molar-refractivity contribution in [2.75, 3.05) is 6.54 Å². The summed E-state index contributed by atoms with van der Waals surface area (Å²) in [4.78, 5) is 25.9. The Labute approximate surface area is 111 Å². The molecule has 0 saturated carbocycles. The highest BCUT2D eigenvalue weighted by atomic mass is 16.3. The number of ketones is 1. The molecule has 6 heteroatoms. The highest BCUT2D eigenvalue weighted by Crippen LogP contribution is 2.17. The molecule has 0 fully saturated rings. The van der Waals surface area contributed by atoms with E-state index in [1.807, 2.05) is 0 Å². The number of carbonyl (C=O) groups is 2. The maximum atomic E-state index is 11.2. The van der Waals surface area contributed by atoms with Gasteiger partial charge in [0.05, 0.1) is 11.8 Å². The fourth-order valence-electron chi connectivity index (χ4n) is 1.56. The molecule has 1 aromatic heterocycles. The Kier molecular flexibility index (Phi) is 5.59. The van der Waals surface area contributed by atoms with Crippen LogP contribution in [-0.4, -0.2) is 39.5 Å². The van der Waals surface area contributed by atoms with Crippen LogP contribution in [0.4, 0.5) is 0 Å². The van der Waals surface area contributed by atoms with E-state index in [9.17, 15) is 19.8 Å². The average molecular weight is 266 g/mol. The number of aliphatic hydroxyl groups excluding tert-OH is 2. The van der Waals surface area contributed by atoms with Gasteiger partial charge >= 0.3 is 0 Å². The van der Waals surface area contributed by atoms with Crippen LogP contribution in [0.3, 0.4) is 0 Å². The van der Waals surface area contributed by atoms with Gasteiger partial charge < -0.3 is 15.5 Å². The molecule has 6 nitrogen and oxygen atoms in total. The molecule has 2 unspecified atom stereocenters. The number of pyridine rings is 1. The summed E-state index contributed by atoms with van der Waals surface area (Å²) in [6.07, 6.45) is -2.04. The molecule has 0 aliphatic heterocycles. The third kappa shape index (κ3) is 4.76. The van der Waals surface area contributed by atoms with Gasteiger partial charge in [0.2, 0.25) is 5.91 Å². The Balaban J connectivity index is 2.65. The number of amides is 1. The van der Waals surface area contributed by atoms with E-state index < -0.39 is 12.2 Å². The van der Waals surface area contributed by atoms with Gasteiger partial charge in [-0.05, 0) is 18.6 Å². The first-order valence-electron chi connectivity index (χ1n) is 6.00. The van der Waals surface area contributed by atoms with Gasteiger partial charge in [0.1, 0.15) is 11.8 Å². The lowest BCUT2D eigenvalue weighted by Crippen LogP contribution is -2.28. The summed E-state index contributed by atoms with van der Waals surface area (Å²) in [5, 5.41) is 22.2. The third-order valence-electron chi connectivity index (χ3n) is 2.61. The first-order valence-corrected chi connectivity index (χ1v) is 6.00. The molecule has 3 N–H and O–H groups in total. The van der Waals surface area contributed by atoms with Gasteiger partial charge in [-0.15, -0.1) is 0 Å². The topological polar surface area (TPSA) is 99.5 Å². The van der Waals surface area contributed by atoms with E-state index >= 15 is 0 Å². The van der Waals surface area contributed by atoms with Crippen LogP contribution in [0.1, 0.15) is 42.6 Å². The summed E-state index contributed by atoms with van der Waals surface area (Å²) in [6.45, 7) is 3.02.